The Morgan fingerprint density at radius 1 is 1.46 bits per heavy atom. The molecule has 0 aromatic carbocycles. The number of carboxylic acids is 1. The Bertz CT molecular complexity index is 227. The molecule has 0 aromatic rings. The highest BCUT2D eigenvalue weighted by Crippen LogP contribution is 2.22. The van der Waals surface area contributed by atoms with E-state index in [1.165, 1.54) is 6.92 Å². The van der Waals surface area contributed by atoms with E-state index in [9.17, 15) is 9.59 Å². The summed E-state index contributed by atoms with van der Waals surface area (Å²) in [4.78, 5) is 23.5. The molecule has 2 unspecified atom stereocenters. The van der Waals surface area contributed by atoms with Crippen LogP contribution in [0.15, 0.2) is 0 Å². The predicted octanol–water partition coefficient (Wildman–Crippen LogP) is 0.718. The van der Waals surface area contributed by atoms with Crippen molar-refractivity contribution in [1.82, 2.24) is 4.90 Å². The Labute approximate surface area is 77.5 Å². The maximum Gasteiger partial charge on any atom is 0.306 e. The van der Waals surface area contributed by atoms with E-state index < -0.39 is 5.97 Å². The van der Waals surface area contributed by atoms with Gasteiger partial charge in [0.2, 0.25) is 5.91 Å². The first kappa shape index (κ1) is 10.0. The number of rotatable bonds is 1. The lowest BCUT2D eigenvalue weighted by Crippen LogP contribution is -2.45. The third-order valence-electron chi connectivity index (χ3n) is 2.63. The van der Waals surface area contributed by atoms with Crippen molar-refractivity contribution in [2.45, 2.75) is 32.7 Å². The summed E-state index contributed by atoms with van der Waals surface area (Å²) in [5.74, 6) is -0.975. The van der Waals surface area contributed by atoms with Crippen LogP contribution >= 0.6 is 0 Å². The van der Waals surface area contributed by atoms with Crippen molar-refractivity contribution < 1.29 is 14.7 Å². The Morgan fingerprint density at radius 2 is 2.08 bits per heavy atom. The molecular formula is C9H15NO3. The molecule has 1 heterocycles. The molecule has 0 radical (unpaired) electrons. The first-order chi connectivity index (χ1) is 6.02. The van der Waals surface area contributed by atoms with Gasteiger partial charge in [-0.25, -0.2) is 0 Å². The minimum atomic E-state index is -0.741. The van der Waals surface area contributed by atoms with Crippen LogP contribution in [0.25, 0.3) is 0 Å². The van der Waals surface area contributed by atoms with Crippen molar-refractivity contribution in [1.29, 1.82) is 0 Å². The number of carbonyl (C=O) groups is 2. The predicted molar refractivity (Wildman–Crippen MR) is 47.2 cm³/mol. The van der Waals surface area contributed by atoms with Crippen LogP contribution in [-0.2, 0) is 9.59 Å². The molecule has 1 aliphatic heterocycles. The lowest BCUT2D eigenvalue weighted by molar-refractivity contribution is -0.146. The quantitative estimate of drug-likeness (QED) is 0.654. The molecule has 13 heavy (non-hydrogen) atoms. The van der Waals surface area contributed by atoms with Gasteiger partial charge < -0.3 is 10.0 Å². The van der Waals surface area contributed by atoms with E-state index in [1.807, 2.05) is 6.92 Å². The SMILES string of the molecule is CC(=O)N1CCC(C(=O)O)CC1C. The average Bonchev–Trinajstić information content (AvgIpc) is 2.03. The second-order valence-electron chi connectivity index (χ2n) is 3.62. The summed E-state index contributed by atoms with van der Waals surface area (Å²) in [6, 6.07) is 0.0624. The largest absolute Gasteiger partial charge is 0.481 e. The summed E-state index contributed by atoms with van der Waals surface area (Å²) >= 11 is 0. The summed E-state index contributed by atoms with van der Waals surface area (Å²) in [7, 11) is 0. The maximum atomic E-state index is 11.1. The van der Waals surface area contributed by atoms with Gasteiger partial charge in [-0.1, -0.05) is 0 Å². The Kier molecular flexibility index (Phi) is 2.90. The van der Waals surface area contributed by atoms with Crippen LogP contribution in [0, 0.1) is 5.92 Å². The van der Waals surface area contributed by atoms with Crippen molar-refractivity contribution in [3.63, 3.8) is 0 Å². The fourth-order valence-corrected chi connectivity index (χ4v) is 1.86. The molecule has 1 fully saturated rings. The van der Waals surface area contributed by atoms with E-state index in [0.29, 0.717) is 19.4 Å². The van der Waals surface area contributed by atoms with Crippen LogP contribution in [0.4, 0.5) is 0 Å². The van der Waals surface area contributed by atoms with E-state index in [4.69, 9.17) is 5.11 Å². The normalized spacial score (nSPS) is 28.6. The van der Waals surface area contributed by atoms with Crippen LogP contribution in [0.2, 0.25) is 0 Å². The molecule has 0 aliphatic carbocycles. The molecule has 0 spiro atoms. The molecule has 1 saturated heterocycles. The van der Waals surface area contributed by atoms with Crippen LogP contribution in [-0.4, -0.2) is 34.5 Å². The summed E-state index contributed by atoms with van der Waals surface area (Å²) in [5.41, 5.74) is 0. The smallest absolute Gasteiger partial charge is 0.306 e. The highest BCUT2D eigenvalue weighted by molar-refractivity contribution is 5.75. The number of hydrogen-bond acceptors (Lipinski definition) is 2. The number of hydrogen-bond donors (Lipinski definition) is 1. The van der Waals surface area contributed by atoms with Gasteiger partial charge in [0.15, 0.2) is 0 Å². The summed E-state index contributed by atoms with van der Waals surface area (Å²) in [6.45, 7) is 4.00. The van der Waals surface area contributed by atoms with Crippen molar-refractivity contribution in [2.24, 2.45) is 5.92 Å². The molecule has 1 aliphatic rings. The molecule has 74 valence electrons. The molecule has 4 heteroatoms. The topological polar surface area (TPSA) is 57.6 Å². The van der Waals surface area contributed by atoms with Crippen LogP contribution in [0.5, 0.6) is 0 Å². The van der Waals surface area contributed by atoms with Crippen molar-refractivity contribution >= 4 is 11.9 Å². The monoisotopic (exact) mass is 185 g/mol. The molecule has 1 amide bonds. The van der Waals surface area contributed by atoms with Gasteiger partial charge in [-0.3, -0.25) is 9.59 Å². The molecule has 0 bridgehead atoms. The van der Waals surface area contributed by atoms with Crippen LogP contribution < -0.4 is 0 Å². The van der Waals surface area contributed by atoms with Gasteiger partial charge in [0.1, 0.15) is 0 Å². The zero-order valence-corrected chi connectivity index (χ0v) is 7.99. The molecule has 1 rings (SSSR count). The minimum Gasteiger partial charge on any atom is -0.481 e. The molecule has 1 N–H and O–H groups in total. The van der Waals surface area contributed by atoms with E-state index in [-0.39, 0.29) is 17.9 Å². The minimum absolute atomic E-state index is 0.0383. The van der Waals surface area contributed by atoms with Gasteiger partial charge in [-0.15, -0.1) is 0 Å². The number of piperidine rings is 1. The lowest BCUT2D eigenvalue weighted by atomic mass is 9.92. The summed E-state index contributed by atoms with van der Waals surface area (Å²) in [6.07, 6.45) is 1.16. The van der Waals surface area contributed by atoms with E-state index in [2.05, 4.69) is 0 Å². The molecule has 0 saturated carbocycles. The van der Waals surface area contributed by atoms with Gasteiger partial charge >= 0.3 is 5.97 Å². The third-order valence-corrected chi connectivity index (χ3v) is 2.63. The molecular weight excluding hydrogens is 170 g/mol. The van der Waals surface area contributed by atoms with E-state index in [0.717, 1.165) is 0 Å². The van der Waals surface area contributed by atoms with Crippen molar-refractivity contribution in [2.75, 3.05) is 6.54 Å². The third kappa shape index (κ3) is 2.20. The van der Waals surface area contributed by atoms with Gasteiger partial charge in [-0.2, -0.15) is 0 Å². The van der Waals surface area contributed by atoms with Gasteiger partial charge in [0, 0.05) is 19.5 Å². The number of carboxylic acid groups (broad SMARTS) is 1. The fourth-order valence-electron chi connectivity index (χ4n) is 1.86. The fraction of sp³-hybridized carbons (Fsp3) is 0.778. The van der Waals surface area contributed by atoms with Crippen molar-refractivity contribution in [3.05, 3.63) is 0 Å². The van der Waals surface area contributed by atoms with Crippen molar-refractivity contribution in [3.8, 4) is 0 Å². The highest BCUT2D eigenvalue weighted by atomic mass is 16.4. The number of likely N-dealkylation sites (tertiary alicyclic amines) is 1. The first-order valence-electron chi connectivity index (χ1n) is 4.52. The van der Waals surface area contributed by atoms with Crippen LogP contribution in [0.3, 0.4) is 0 Å². The standard InChI is InChI=1S/C9H15NO3/c1-6-5-8(9(12)13)3-4-10(6)7(2)11/h6,8H,3-5H2,1-2H3,(H,12,13). The number of aliphatic carboxylic acids is 1. The molecule has 2 atom stereocenters. The second kappa shape index (κ2) is 3.77. The second-order valence-corrected chi connectivity index (χ2v) is 3.62. The Balaban J connectivity index is 2.56. The van der Waals surface area contributed by atoms with Gasteiger partial charge in [0.25, 0.3) is 0 Å². The molecule has 4 nitrogen and oxygen atoms in total. The molecule has 0 aromatic heterocycles. The Morgan fingerprint density at radius 3 is 2.46 bits per heavy atom. The highest BCUT2D eigenvalue weighted by Gasteiger charge is 2.30. The first-order valence-corrected chi connectivity index (χ1v) is 4.52. The summed E-state index contributed by atoms with van der Waals surface area (Å²) < 4.78 is 0. The van der Waals surface area contributed by atoms with Gasteiger partial charge in [0.05, 0.1) is 5.92 Å². The number of nitrogens with zero attached hydrogens (tertiary/aromatic N) is 1. The number of amides is 1. The maximum absolute atomic E-state index is 11.1. The summed E-state index contributed by atoms with van der Waals surface area (Å²) in [5, 5.41) is 8.78. The lowest BCUT2D eigenvalue weighted by Gasteiger charge is -2.35. The van der Waals surface area contributed by atoms with E-state index >= 15 is 0 Å². The zero-order chi connectivity index (χ0) is 10.0. The Hall–Kier alpha value is -1.06. The average molecular weight is 185 g/mol. The zero-order valence-electron chi connectivity index (χ0n) is 7.99. The van der Waals surface area contributed by atoms with Crippen LogP contribution in [0.1, 0.15) is 26.7 Å². The van der Waals surface area contributed by atoms with Gasteiger partial charge in [-0.05, 0) is 19.8 Å². The number of carbonyl (C=O) groups excluding carboxylic acids is 1. The van der Waals surface area contributed by atoms with E-state index in [1.54, 1.807) is 4.90 Å².